The van der Waals surface area contributed by atoms with E-state index in [0.717, 1.165) is 0 Å². The van der Waals surface area contributed by atoms with Gasteiger partial charge in [-0.15, -0.1) is 0 Å². The van der Waals surface area contributed by atoms with Gasteiger partial charge in [-0.1, -0.05) is 0 Å². The highest BCUT2D eigenvalue weighted by molar-refractivity contribution is 5.92. The van der Waals surface area contributed by atoms with Crippen molar-refractivity contribution in [3.63, 3.8) is 0 Å². The number of aryl methyl sites for hydroxylation is 1. The molecule has 0 spiro atoms. The van der Waals surface area contributed by atoms with Crippen LogP contribution in [0.5, 0.6) is 0 Å². The van der Waals surface area contributed by atoms with E-state index < -0.39 is 12.1 Å². The van der Waals surface area contributed by atoms with Crippen LogP contribution in [0.3, 0.4) is 0 Å². The fourth-order valence-corrected chi connectivity index (χ4v) is 1.35. The monoisotopic (exact) mass is 242 g/mol. The maximum Gasteiger partial charge on any atom is 0.404 e. The van der Waals surface area contributed by atoms with Crippen molar-refractivity contribution in [1.82, 2.24) is 9.55 Å². The Morgan fingerprint density at radius 2 is 2.12 bits per heavy atom. The summed E-state index contributed by atoms with van der Waals surface area (Å²) in [4.78, 5) is 25.7. The normalized spacial score (nSPS) is 10.0. The maximum atomic E-state index is 11.3. The molecule has 0 aliphatic carbocycles. The van der Waals surface area contributed by atoms with Gasteiger partial charge in [-0.05, 0) is 6.92 Å². The van der Waals surface area contributed by atoms with E-state index in [9.17, 15) is 9.59 Å². The van der Waals surface area contributed by atoms with Crippen molar-refractivity contribution in [3.8, 4) is 0 Å². The van der Waals surface area contributed by atoms with E-state index in [1.54, 1.807) is 6.92 Å². The molecule has 0 aliphatic heterocycles. The Balaban J connectivity index is 2.82. The van der Waals surface area contributed by atoms with Crippen LogP contribution in [0.2, 0.25) is 0 Å². The number of nitrogens with zero attached hydrogens (tertiary/aromatic N) is 2. The van der Waals surface area contributed by atoms with E-state index >= 15 is 0 Å². The highest BCUT2D eigenvalue weighted by Gasteiger charge is 2.18. The Labute approximate surface area is 97.5 Å². The average Bonchev–Trinajstić information content (AvgIpc) is 2.55. The zero-order valence-corrected chi connectivity index (χ0v) is 9.60. The van der Waals surface area contributed by atoms with Crippen LogP contribution in [0.15, 0.2) is 0 Å². The Morgan fingerprint density at radius 1 is 1.47 bits per heavy atom. The number of rotatable bonds is 4. The van der Waals surface area contributed by atoms with E-state index in [2.05, 4.69) is 14.5 Å². The number of nitrogen functional groups attached to an aromatic ring is 1. The summed E-state index contributed by atoms with van der Waals surface area (Å²) >= 11 is 0. The van der Waals surface area contributed by atoms with Crippen LogP contribution in [0, 0.1) is 6.92 Å². The zero-order chi connectivity index (χ0) is 13.0. The summed E-state index contributed by atoms with van der Waals surface area (Å²) in [5.74, 6) is 0.0820. The standard InChI is InChI=1S/C9H14N4O4/c1-5-12-6(8(14)16-2)7(10)13(5)3-4-17-9(11)15/h3-4,10H2,1-2H3,(H2,11,15). The number of primary amides is 1. The molecule has 4 N–H and O–H groups in total. The molecule has 0 aromatic carbocycles. The Morgan fingerprint density at radius 3 is 2.65 bits per heavy atom. The highest BCUT2D eigenvalue weighted by atomic mass is 16.5. The fraction of sp³-hybridized carbons (Fsp3) is 0.444. The van der Waals surface area contributed by atoms with Crippen molar-refractivity contribution in [2.75, 3.05) is 19.5 Å². The molecule has 94 valence electrons. The number of esters is 1. The first-order valence-electron chi connectivity index (χ1n) is 4.80. The van der Waals surface area contributed by atoms with Crippen molar-refractivity contribution in [2.45, 2.75) is 13.5 Å². The molecule has 0 saturated carbocycles. The minimum Gasteiger partial charge on any atom is -0.464 e. The molecule has 0 saturated heterocycles. The molecule has 0 unspecified atom stereocenters. The molecular formula is C9H14N4O4. The molecule has 0 bridgehead atoms. The van der Waals surface area contributed by atoms with E-state index in [4.69, 9.17) is 11.5 Å². The lowest BCUT2D eigenvalue weighted by Crippen LogP contribution is -2.18. The second-order valence-corrected chi connectivity index (χ2v) is 3.20. The van der Waals surface area contributed by atoms with E-state index in [-0.39, 0.29) is 24.7 Å². The van der Waals surface area contributed by atoms with E-state index in [1.165, 1.54) is 11.7 Å². The number of carbonyl (C=O) groups excluding carboxylic acids is 2. The number of aromatic nitrogens is 2. The summed E-state index contributed by atoms with van der Waals surface area (Å²) in [6.07, 6.45) is -0.866. The van der Waals surface area contributed by atoms with Crippen LogP contribution >= 0.6 is 0 Å². The second kappa shape index (κ2) is 5.19. The molecule has 0 radical (unpaired) electrons. The molecule has 8 nitrogen and oxygen atoms in total. The van der Waals surface area contributed by atoms with Gasteiger partial charge in [-0.3, -0.25) is 0 Å². The molecule has 1 amide bonds. The van der Waals surface area contributed by atoms with Crippen molar-refractivity contribution in [2.24, 2.45) is 5.73 Å². The summed E-state index contributed by atoms with van der Waals surface area (Å²) in [5.41, 5.74) is 10.6. The minimum atomic E-state index is -0.866. The molecule has 1 heterocycles. The van der Waals surface area contributed by atoms with Gasteiger partial charge < -0.3 is 25.5 Å². The summed E-state index contributed by atoms with van der Waals surface area (Å²) in [5, 5.41) is 0. The lowest BCUT2D eigenvalue weighted by molar-refractivity contribution is 0.0595. The second-order valence-electron chi connectivity index (χ2n) is 3.20. The molecule has 1 aromatic rings. The summed E-state index contributed by atoms with van der Waals surface area (Å²) in [7, 11) is 1.24. The predicted octanol–water partition coefficient (Wildman–Crippen LogP) is -0.344. The molecule has 0 atom stereocenters. The largest absolute Gasteiger partial charge is 0.464 e. The Hall–Kier alpha value is -2.25. The number of imidazole rings is 1. The molecule has 0 fully saturated rings. The number of ether oxygens (including phenoxy) is 2. The van der Waals surface area contributed by atoms with Crippen LogP contribution in [-0.2, 0) is 16.0 Å². The maximum absolute atomic E-state index is 11.3. The van der Waals surface area contributed by atoms with Gasteiger partial charge in [0.2, 0.25) is 0 Å². The summed E-state index contributed by atoms with van der Waals surface area (Å²) in [6, 6.07) is 0. The van der Waals surface area contributed by atoms with Gasteiger partial charge in [-0.25, -0.2) is 14.6 Å². The van der Waals surface area contributed by atoms with E-state index in [1.807, 2.05) is 0 Å². The van der Waals surface area contributed by atoms with Crippen LogP contribution in [0.25, 0.3) is 0 Å². The summed E-state index contributed by atoms with van der Waals surface area (Å²) in [6.45, 7) is 2.00. The van der Waals surface area contributed by atoms with Gasteiger partial charge >= 0.3 is 12.1 Å². The third kappa shape index (κ3) is 2.86. The van der Waals surface area contributed by atoms with Crippen LogP contribution in [0.1, 0.15) is 16.3 Å². The van der Waals surface area contributed by atoms with Gasteiger partial charge in [0.1, 0.15) is 18.2 Å². The molecule has 8 heteroatoms. The average molecular weight is 242 g/mol. The smallest absolute Gasteiger partial charge is 0.404 e. The molecule has 0 aliphatic rings. The van der Waals surface area contributed by atoms with Crippen LogP contribution in [0.4, 0.5) is 10.6 Å². The molecular weight excluding hydrogens is 228 g/mol. The van der Waals surface area contributed by atoms with Crippen molar-refractivity contribution >= 4 is 17.9 Å². The number of hydrogen-bond donors (Lipinski definition) is 2. The van der Waals surface area contributed by atoms with Gasteiger partial charge in [-0.2, -0.15) is 0 Å². The van der Waals surface area contributed by atoms with Crippen LogP contribution < -0.4 is 11.5 Å². The van der Waals surface area contributed by atoms with Gasteiger partial charge in [0, 0.05) is 0 Å². The number of anilines is 1. The third-order valence-corrected chi connectivity index (χ3v) is 2.14. The lowest BCUT2D eigenvalue weighted by Gasteiger charge is -2.07. The zero-order valence-electron chi connectivity index (χ0n) is 9.60. The number of amides is 1. The minimum absolute atomic E-state index is 0.0454. The number of hydrogen-bond acceptors (Lipinski definition) is 6. The third-order valence-electron chi connectivity index (χ3n) is 2.14. The van der Waals surface area contributed by atoms with Crippen molar-refractivity contribution in [3.05, 3.63) is 11.5 Å². The number of carbonyl (C=O) groups is 2. The fourth-order valence-electron chi connectivity index (χ4n) is 1.35. The SMILES string of the molecule is COC(=O)c1nc(C)n(CCOC(N)=O)c1N. The number of methoxy groups -OCH3 is 1. The molecule has 17 heavy (non-hydrogen) atoms. The van der Waals surface area contributed by atoms with Crippen molar-refractivity contribution < 1.29 is 19.1 Å². The topological polar surface area (TPSA) is 122 Å². The number of nitrogens with two attached hydrogens (primary N) is 2. The Bertz CT molecular complexity index is 440. The molecule has 1 aromatic heterocycles. The van der Waals surface area contributed by atoms with E-state index in [0.29, 0.717) is 5.82 Å². The van der Waals surface area contributed by atoms with Crippen LogP contribution in [-0.4, -0.2) is 35.3 Å². The van der Waals surface area contributed by atoms with Crippen molar-refractivity contribution in [1.29, 1.82) is 0 Å². The first-order chi connectivity index (χ1) is 7.97. The first-order valence-corrected chi connectivity index (χ1v) is 4.80. The quantitative estimate of drug-likeness (QED) is 0.696. The first kappa shape index (κ1) is 12.8. The Kier molecular flexibility index (Phi) is 3.91. The molecule has 1 rings (SSSR count). The van der Waals surface area contributed by atoms with Gasteiger partial charge in [0.25, 0.3) is 0 Å². The predicted molar refractivity (Wildman–Crippen MR) is 58.3 cm³/mol. The van der Waals surface area contributed by atoms with Gasteiger partial charge in [0.15, 0.2) is 5.69 Å². The lowest BCUT2D eigenvalue weighted by atomic mass is 10.4. The summed E-state index contributed by atoms with van der Waals surface area (Å²) < 4.78 is 10.6. The van der Waals surface area contributed by atoms with Gasteiger partial charge in [0.05, 0.1) is 13.7 Å². The highest BCUT2D eigenvalue weighted by Crippen LogP contribution is 2.14.